The second-order valence-electron chi connectivity index (χ2n) is 4.28. The standard InChI is InChI=1S/C14H11N2O3S/c17-10-12-9-11-5-4-8-15-14(11)16(12)20(18,19)13-6-2-1-3-7-13/h1-9H,10H2. The van der Waals surface area contributed by atoms with Gasteiger partial charge in [0.1, 0.15) is 6.61 Å². The number of nitrogens with zero attached hydrogens (tertiary/aromatic N) is 2. The maximum absolute atomic E-state index is 12.7. The highest BCUT2D eigenvalue weighted by Gasteiger charge is 2.23. The Morgan fingerprint density at radius 2 is 1.80 bits per heavy atom. The van der Waals surface area contributed by atoms with Crippen molar-refractivity contribution in [1.82, 2.24) is 8.96 Å². The van der Waals surface area contributed by atoms with Crippen molar-refractivity contribution in [2.45, 2.75) is 11.5 Å². The zero-order valence-corrected chi connectivity index (χ0v) is 11.2. The van der Waals surface area contributed by atoms with Crippen LogP contribution >= 0.6 is 0 Å². The molecule has 0 spiro atoms. The van der Waals surface area contributed by atoms with Crippen molar-refractivity contribution < 1.29 is 13.5 Å². The van der Waals surface area contributed by atoms with E-state index < -0.39 is 16.6 Å². The molecule has 101 valence electrons. The van der Waals surface area contributed by atoms with E-state index in [4.69, 9.17) is 0 Å². The number of benzene rings is 1. The summed E-state index contributed by atoms with van der Waals surface area (Å²) in [5.41, 5.74) is 0.463. The average Bonchev–Trinajstić information content (AvgIpc) is 2.87. The molecule has 3 aromatic rings. The SMILES string of the molecule is [O]Cc1cc2cccnc2n1S(=O)(=O)c1ccccc1. The van der Waals surface area contributed by atoms with Gasteiger partial charge in [-0.15, -0.1) is 0 Å². The minimum Gasteiger partial charge on any atom is -0.237 e. The van der Waals surface area contributed by atoms with E-state index in [-0.39, 0.29) is 16.2 Å². The highest BCUT2D eigenvalue weighted by molar-refractivity contribution is 7.90. The number of aromatic nitrogens is 2. The molecule has 1 aromatic carbocycles. The van der Waals surface area contributed by atoms with E-state index in [1.807, 2.05) is 0 Å². The molecule has 0 saturated heterocycles. The maximum Gasteiger partial charge on any atom is 0.269 e. The fraction of sp³-hybridized carbons (Fsp3) is 0.0714. The third-order valence-electron chi connectivity index (χ3n) is 3.02. The number of pyridine rings is 1. The van der Waals surface area contributed by atoms with Gasteiger partial charge in [-0.1, -0.05) is 18.2 Å². The summed E-state index contributed by atoms with van der Waals surface area (Å²) in [6, 6.07) is 13.0. The third-order valence-corrected chi connectivity index (χ3v) is 4.78. The zero-order valence-electron chi connectivity index (χ0n) is 10.4. The quantitative estimate of drug-likeness (QED) is 0.741. The lowest BCUT2D eigenvalue weighted by Crippen LogP contribution is -2.16. The van der Waals surface area contributed by atoms with Gasteiger partial charge in [-0.3, -0.25) is 0 Å². The first kappa shape index (κ1) is 12.8. The summed E-state index contributed by atoms with van der Waals surface area (Å²) < 4.78 is 26.4. The Labute approximate surface area is 116 Å². The summed E-state index contributed by atoms with van der Waals surface area (Å²) in [7, 11) is -3.81. The molecule has 0 aliphatic heterocycles. The number of rotatable bonds is 3. The molecule has 1 radical (unpaired) electrons. The molecule has 0 aliphatic carbocycles. The van der Waals surface area contributed by atoms with E-state index in [2.05, 4.69) is 4.98 Å². The molecule has 0 unspecified atom stereocenters. The lowest BCUT2D eigenvalue weighted by molar-refractivity contribution is 0.173. The lowest BCUT2D eigenvalue weighted by Gasteiger charge is -2.09. The highest BCUT2D eigenvalue weighted by Crippen LogP contribution is 2.24. The number of fused-ring (bicyclic) bond motifs is 1. The van der Waals surface area contributed by atoms with E-state index in [9.17, 15) is 13.5 Å². The van der Waals surface area contributed by atoms with Gasteiger partial charge in [0.05, 0.1) is 10.6 Å². The number of hydrogen-bond donors (Lipinski definition) is 0. The Hall–Kier alpha value is -2.18. The van der Waals surface area contributed by atoms with E-state index in [0.717, 1.165) is 3.97 Å². The van der Waals surface area contributed by atoms with E-state index >= 15 is 0 Å². The summed E-state index contributed by atoms with van der Waals surface area (Å²) in [5.74, 6) is 0. The van der Waals surface area contributed by atoms with Crippen LogP contribution in [-0.4, -0.2) is 17.4 Å². The summed E-state index contributed by atoms with van der Waals surface area (Å²) in [5, 5.41) is 11.9. The van der Waals surface area contributed by atoms with Crippen molar-refractivity contribution in [2.24, 2.45) is 0 Å². The topological polar surface area (TPSA) is 71.9 Å². The average molecular weight is 287 g/mol. The van der Waals surface area contributed by atoms with Crippen molar-refractivity contribution in [1.29, 1.82) is 0 Å². The normalized spacial score (nSPS) is 11.8. The van der Waals surface area contributed by atoms with Gasteiger partial charge in [-0.25, -0.2) is 22.5 Å². The van der Waals surface area contributed by atoms with Crippen LogP contribution in [-0.2, 0) is 21.7 Å². The predicted molar refractivity (Wildman–Crippen MR) is 73.1 cm³/mol. The summed E-state index contributed by atoms with van der Waals surface area (Å²) in [6.45, 7) is -0.623. The van der Waals surface area contributed by atoms with Crippen LogP contribution in [0.15, 0.2) is 59.6 Å². The van der Waals surface area contributed by atoms with Crippen molar-refractivity contribution in [3.63, 3.8) is 0 Å². The Balaban J connectivity index is 2.34. The zero-order chi connectivity index (χ0) is 14.2. The summed E-state index contributed by atoms with van der Waals surface area (Å²) >= 11 is 0. The monoisotopic (exact) mass is 287 g/mol. The molecular formula is C14H11N2O3S. The van der Waals surface area contributed by atoms with E-state index in [0.29, 0.717) is 5.39 Å². The summed E-state index contributed by atoms with van der Waals surface area (Å²) in [4.78, 5) is 4.22. The van der Waals surface area contributed by atoms with Crippen molar-refractivity contribution in [3.8, 4) is 0 Å². The van der Waals surface area contributed by atoms with Crippen LogP contribution in [0.4, 0.5) is 0 Å². The highest BCUT2D eigenvalue weighted by atomic mass is 32.2. The van der Waals surface area contributed by atoms with E-state index in [1.54, 1.807) is 36.4 Å². The van der Waals surface area contributed by atoms with Crippen LogP contribution in [0.1, 0.15) is 5.69 Å². The molecule has 0 fully saturated rings. The fourth-order valence-electron chi connectivity index (χ4n) is 2.13. The first-order chi connectivity index (χ1) is 9.64. The Morgan fingerprint density at radius 3 is 2.50 bits per heavy atom. The molecule has 2 aromatic heterocycles. The minimum absolute atomic E-state index is 0.137. The Bertz CT molecular complexity index is 855. The third kappa shape index (κ3) is 1.90. The molecule has 0 bridgehead atoms. The fourth-order valence-corrected chi connectivity index (χ4v) is 3.64. The van der Waals surface area contributed by atoms with E-state index in [1.165, 1.54) is 18.3 Å². The molecule has 0 atom stereocenters. The molecule has 0 amide bonds. The molecule has 0 saturated carbocycles. The van der Waals surface area contributed by atoms with Crippen LogP contribution in [0.25, 0.3) is 11.0 Å². The predicted octanol–water partition coefficient (Wildman–Crippen LogP) is 2.20. The van der Waals surface area contributed by atoms with Gasteiger partial charge in [0.25, 0.3) is 10.0 Å². The van der Waals surface area contributed by atoms with Gasteiger partial charge < -0.3 is 0 Å². The van der Waals surface area contributed by atoms with Gasteiger partial charge in [0.15, 0.2) is 5.65 Å². The Kier molecular flexibility index (Phi) is 3.04. The minimum atomic E-state index is -3.81. The van der Waals surface area contributed by atoms with Crippen LogP contribution in [0.2, 0.25) is 0 Å². The van der Waals surface area contributed by atoms with Crippen molar-refractivity contribution in [2.75, 3.05) is 0 Å². The second kappa shape index (κ2) is 4.73. The molecule has 0 aliphatic rings. The second-order valence-corrected chi connectivity index (χ2v) is 6.07. The molecule has 0 N–H and O–H groups in total. The van der Waals surface area contributed by atoms with Crippen LogP contribution in [0.5, 0.6) is 0 Å². The molecule has 6 heteroatoms. The van der Waals surface area contributed by atoms with Gasteiger partial charge >= 0.3 is 0 Å². The molecule has 3 rings (SSSR count). The first-order valence-electron chi connectivity index (χ1n) is 5.98. The Morgan fingerprint density at radius 1 is 1.05 bits per heavy atom. The van der Waals surface area contributed by atoms with Gasteiger partial charge in [0.2, 0.25) is 0 Å². The molecule has 5 nitrogen and oxygen atoms in total. The van der Waals surface area contributed by atoms with Crippen molar-refractivity contribution >= 4 is 21.1 Å². The van der Waals surface area contributed by atoms with Gasteiger partial charge in [-0.2, -0.15) is 0 Å². The first-order valence-corrected chi connectivity index (χ1v) is 7.42. The number of hydrogen-bond acceptors (Lipinski definition) is 3. The lowest BCUT2D eigenvalue weighted by atomic mass is 10.3. The molecular weight excluding hydrogens is 276 g/mol. The largest absolute Gasteiger partial charge is 0.269 e. The van der Waals surface area contributed by atoms with Crippen LogP contribution in [0.3, 0.4) is 0 Å². The van der Waals surface area contributed by atoms with Crippen LogP contribution < -0.4 is 0 Å². The van der Waals surface area contributed by atoms with Crippen molar-refractivity contribution in [3.05, 3.63) is 60.4 Å². The maximum atomic E-state index is 12.7. The van der Waals surface area contributed by atoms with Gasteiger partial charge in [-0.05, 0) is 30.3 Å². The summed E-state index contributed by atoms with van der Waals surface area (Å²) in [6.07, 6.45) is 1.51. The molecule has 20 heavy (non-hydrogen) atoms. The van der Waals surface area contributed by atoms with Gasteiger partial charge in [0, 0.05) is 11.6 Å². The smallest absolute Gasteiger partial charge is 0.237 e. The molecule has 2 heterocycles. The van der Waals surface area contributed by atoms with Crippen LogP contribution in [0, 0.1) is 0 Å².